The Labute approximate surface area is 92.8 Å². The van der Waals surface area contributed by atoms with Crippen LogP contribution in [0, 0.1) is 5.92 Å². The summed E-state index contributed by atoms with van der Waals surface area (Å²) < 4.78 is 0. The summed E-state index contributed by atoms with van der Waals surface area (Å²) in [7, 11) is 0. The first kappa shape index (κ1) is 11.4. The summed E-state index contributed by atoms with van der Waals surface area (Å²) >= 11 is 0. The fourth-order valence-electron chi connectivity index (χ4n) is 2.84. The lowest BCUT2D eigenvalue weighted by Crippen LogP contribution is -2.56. The number of hydrogen-bond donors (Lipinski definition) is 2. The highest BCUT2D eigenvalue weighted by Crippen LogP contribution is 2.27. The maximum atomic E-state index is 9.47. The summed E-state index contributed by atoms with van der Waals surface area (Å²) in [6.07, 6.45) is 4.41. The molecule has 3 aliphatic rings. The van der Waals surface area contributed by atoms with E-state index in [-0.39, 0.29) is 6.10 Å². The molecule has 88 valence electrons. The average Bonchev–Trinajstić information content (AvgIpc) is 2.30. The average molecular weight is 212 g/mol. The van der Waals surface area contributed by atoms with Crippen LogP contribution in [0.2, 0.25) is 0 Å². The van der Waals surface area contributed by atoms with E-state index in [1.54, 1.807) is 0 Å². The number of aliphatic hydroxyl groups is 1. The van der Waals surface area contributed by atoms with E-state index in [1.807, 2.05) is 6.92 Å². The second kappa shape index (κ2) is 5.28. The number of rotatable bonds is 5. The smallest absolute Gasteiger partial charge is 0.0549 e. The summed E-state index contributed by atoms with van der Waals surface area (Å²) in [5.74, 6) is 0.897. The molecule has 0 spiro atoms. The molecule has 0 aromatic heterocycles. The molecule has 3 aliphatic heterocycles. The molecule has 0 aliphatic carbocycles. The number of fused-ring (bicyclic) bond motifs is 3. The third-order valence-electron chi connectivity index (χ3n) is 4.01. The molecule has 0 saturated carbocycles. The minimum absolute atomic E-state index is 0.112. The normalized spacial score (nSPS) is 36.8. The monoisotopic (exact) mass is 212 g/mol. The minimum atomic E-state index is -0.112. The van der Waals surface area contributed by atoms with E-state index in [4.69, 9.17) is 0 Å². The predicted molar refractivity (Wildman–Crippen MR) is 61.9 cm³/mol. The van der Waals surface area contributed by atoms with Gasteiger partial charge in [-0.25, -0.2) is 0 Å². The second-order valence-electron chi connectivity index (χ2n) is 5.05. The van der Waals surface area contributed by atoms with Crippen molar-refractivity contribution in [3.8, 4) is 0 Å². The molecule has 3 saturated heterocycles. The van der Waals surface area contributed by atoms with Gasteiger partial charge in [-0.05, 0) is 51.2 Å². The molecule has 2 bridgehead atoms. The lowest BCUT2D eigenvalue weighted by Gasteiger charge is -2.45. The lowest BCUT2D eigenvalue weighted by atomic mass is 9.84. The molecule has 3 heterocycles. The van der Waals surface area contributed by atoms with Gasteiger partial charge in [0.05, 0.1) is 6.10 Å². The van der Waals surface area contributed by atoms with E-state index in [9.17, 15) is 5.11 Å². The molecule has 3 heteroatoms. The Morgan fingerprint density at radius 1 is 1.40 bits per heavy atom. The van der Waals surface area contributed by atoms with Gasteiger partial charge in [0.25, 0.3) is 0 Å². The van der Waals surface area contributed by atoms with Crippen molar-refractivity contribution in [1.82, 2.24) is 10.2 Å². The topological polar surface area (TPSA) is 35.5 Å². The van der Waals surface area contributed by atoms with E-state index in [2.05, 4.69) is 10.2 Å². The molecule has 0 aromatic rings. The number of piperidine rings is 3. The fourth-order valence-corrected chi connectivity index (χ4v) is 2.84. The van der Waals surface area contributed by atoms with Crippen LogP contribution >= 0.6 is 0 Å². The molecule has 0 amide bonds. The Hall–Kier alpha value is -0.120. The summed E-state index contributed by atoms with van der Waals surface area (Å²) in [4.78, 5) is 2.56. The summed E-state index contributed by atoms with van der Waals surface area (Å²) in [5, 5.41) is 13.1. The highest BCUT2D eigenvalue weighted by Gasteiger charge is 2.33. The Morgan fingerprint density at radius 3 is 2.67 bits per heavy atom. The van der Waals surface area contributed by atoms with Gasteiger partial charge in [-0.2, -0.15) is 0 Å². The molecule has 0 radical (unpaired) electrons. The summed E-state index contributed by atoms with van der Waals surface area (Å²) in [5.41, 5.74) is 0. The fraction of sp³-hybridized carbons (Fsp3) is 1.00. The van der Waals surface area contributed by atoms with Crippen molar-refractivity contribution < 1.29 is 5.11 Å². The van der Waals surface area contributed by atoms with E-state index in [0.29, 0.717) is 6.04 Å². The molecule has 2 atom stereocenters. The van der Waals surface area contributed by atoms with Gasteiger partial charge >= 0.3 is 0 Å². The molecule has 3 rings (SSSR count). The Kier molecular flexibility index (Phi) is 4.00. The van der Waals surface area contributed by atoms with Crippen molar-refractivity contribution in [2.45, 2.75) is 44.8 Å². The van der Waals surface area contributed by atoms with Crippen LogP contribution in [0.25, 0.3) is 0 Å². The van der Waals surface area contributed by atoms with Gasteiger partial charge in [-0.1, -0.05) is 6.92 Å². The predicted octanol–water partition coefficient (Wildman–Crippen LogP) is 0.831. The van der Waals surface area contributed by atoms with Crippen molar-refractivity contribution in [2.24, 2.45) is 5.92 Å². The van der Waals surface area contributed by atoms with Gasteiger partial charge in [0, 0.05) is 12.6 Å². The van der Waals surface area contributed by atoms with Gasteiger partial charge < -0.3 is 15.3 Å². The number of hydrogen-bond acceptors (Lipinski definition) is 3. The van der Waals surface area contributed by atoms with Crippen molar-refractivity contribution in [3.05, 3.63) is 0 Å². The van der Waals surface area contributed by atoms with Crippen LogP contribution in [-0.4, -0.2) is 48.3 Å². The maximum Gasteiger partial charge on any atom is 0.0549 e. The van der Waals surface area contributed by atoms with Gasteiger partial charge in [0.15, 0.2) is 0 Å². The first-order chi connectivity index (χ1) is 7.29. The van der Waals surface area contributed by atoms with Crippen molar-refractivity contribution >= 4 is 0 Å². The van der Waals surface area contributed by atoms with Crippen LogP contribution in [-0.2, 0) is 0 Å². The van der Waals surface area contributed by atoms with Crippen LogP contribution in [0.4, 0.5) is 0 Å². The van der Waals surface area contributed by atoms with Crippen LogP contribution < -0.4 is 5.32 Å². The highest BCUT2D eigenvalue weighted by atomic mass is 16.3. The largest absolute Gasteiger partial charge is 0.393 e. The van der Waals surface area contributed by atoms with Gasteiger partial charge in [-0.15, -0.1) is 0 Å². The lowest BCUT2D eigenvalue weighted by molar-refractivity contribution is 0.0697. The standard InChI is InChI=1S/C12H24N2O/c1-2-11(15)3-6-13-12-9-14-7-4-10(12)5-8-14/h10-13,15H,2-9H2,1H3. The number of nitrogens with zero attached hydrogens (tertiary/aromatic N) is 1. The molecule has 15 heavy (non-hydrogen) atoms. The zero-order valence-corrected chi connectivity index (χ0v) is 9.78. The van der Waals surface area contributed by atoms with Crippen molar-refractivity contribution in [3.63, 3.8) is 0 Å². The zero-order valence-electron chi connectivity index (χ0n) is 9.78. The van der Waals surface area contributed by atoms with Gasteiger partial charge in [-0.3, -0.25) is 0 Å². The molecule has 0 aromatic carbocycles. The number of aliphatic hydroxyl groups excluding tert-OH is 1. The SMILES string of the molecule is CCC(O)CCNC1CN2CCC1CC2. The molecule has 2 N–H and O–H groups in total. The van der Waals surface area contributed by atoms with E-state index < -0.39 is 0 Å². The third kappa shape index (κ3) is 2.92. The molecule has 3 nitrogen and oxygen atoms in total. The molecule has 2 unspecified atom stereocenters. The minimum Gasteiger partial charge on any atom is -0.393 e. The molecule has 3 fully saturated rings. The van der Waals surface area contributed by atoms with Gasteiger partial charge in [0.1, 0.15) is 0 Å². The third-order valence-corrected chi connectivity index (χ3v) is 4.01. The van der Waals surface area contributed by atoms with Crippen LogP contribution in [0.3, 0.4) is 0 Å². The Morgan fingerprint density at radius 2 is 2.13 bits per heavy atom. The van der Waals surface area contributed by atoms with E-state index in [0.717, 1.165) is 25.3 Å². The zero-order chi connectivity index (χ0) is 10.7. The van der Waals surface area contributed by atoms with Crippen molar-refractivity contribution in [1.29, 1.82) is 0 Å². The maximum absolute atomic E-state index is 9.47. The quantitative estimate of drug-likeness (QED) is 0.708. The second-order valence-corrected chi connectivity index (χ2v) is 5.05. The number of nitrogens with one attached hydrogen (secondary N) is 1. The Balaban J connectivity index is 1.67. The highest BCUT2D eigenvalue weighted by molar-refractivity contribution is 4.90. The molecular formula is C12H24N2O. The van der Waals surface area contributed by atoms with Crippen LogP contribution in [0.1, 0.15) is 32.6 Å². The summed E-state index contributed by atoms with van der Waals surface area (Å²) in [6.45, 7) is 6.86. The first-order valence-electron chi connectivity index (χ1n) is 6.43. The summed E-state index contributed by atoms with van der Waals surface area (Å²) in [6, 6.07) is 0.691. The van der Waals surface area contributed by atoms with Crippen LogP contribution in [0.15, 0.2) is 0 Å². The van der Waals surface area contributed by atoms with E-state index in [1.165, 1.54) is 32.5 Å². The Bertz CT molecular complexity index is 190. The first-order valence-corrected chi connectivity index (χ1v) is 6.43. The van der Waals surface area contributed by atoms with Crippen molar-refractivity contribution in [2.75, 3.05) is 26.2 Å². The van der Waals surface area contributed by atoms with Crippen LogP contribution in [0.5, 0.6) is 0 Å². The van der Waals surface area contributed by atoms with Gasteiger partial charge in [0.2, 0.25) is 0 Å². The molecular weight excluding hydrogens is 188 g/mol. The van der Waals surface area contributed by atoms with E-state index >= 15 is 0 Å².